The first-order valence-corrected chi connectivity index (χ1v) is 11.4. The van der Waals surface area contributed by atoms with Crippen molar-refractivity contribution in [3.8, 4) is 11.5 Å². The van der Waals surface area contributed by atoms with Crippen molar-refractivity contribution >= 4 is 35.8 Å². The Balaban J connectivity index is 1.35. The van der Waals surface area contributed by atoms with Crippen LogP contribution in [-0.2, 0) is 4.79 Å². The summed E-state index contributed by atoms with van der Waals surface area (Å²) in [6.07, 6.45) is 5.80. The van der Waals surface area contributed by atoms with Gasteiger partial charge in [0, 0.05) is 17.3 Å². The van der Waals surface area contributed by atoms with E-state index in [0.717, 1.165) is 5.56 Å². The number of carbonyl (C=O) groups excluding carboxylic acids is 3. The lowest BCUT2D eigenvalue weighted by Crippen LogP contribution is -2.18. The smallest absolute Gasteiger partial charge is 0.336 e. The van der Waals surface area contributed by atoms with Crippen molar-refractivity contribution in [1.82, 2.24) is 5.43 Å². The van der Waals surface area contributed by atoms with Crippen molar-refractivity contribution in [1.29, 1.82) is 0 Å². The molecule has 0 saturated heterocycles. The minimum absolute atomic E-state index is 0.157. The van der Waals surface area contributed by atoms with Gasteiger partial charge in [-0.1, -0.05) is 36.4 Å². The second-order valence-corrected chi connectivity index (χ2v) is 7.79. The van der Waals surface area contributed by atoms with E-state index in [4.69, 9.17) is 13.9 Å². The van der Waals surface area contributed by atoms with Crippen molar-refractivity contribution in [2.75, 3.05) is 12.4 Å². The van der Waals surface area contributed by atoms with Gasteiger partial charge in [0.2, 0.25) is 0 Å². The van der Waals surface area contributed by atoms with E-state index in [-0.39, 0.29) is 11.5 Å². The van der Waals surface area contributed by atoms with Crippen LogP contribution >= 0.6 is 0 Å². The lowest BCUT2D eigenvalue weighted by atomic mass is 10.2. The molecule has 9 heteroatoms. The van der Waals surface area contributed by atoms with Gasteiger partial charge in [0.05, 0.1) is 19.6 Å². The molecular weight excluding hydrogens is 486 g/mol. The molecule has 0 unspecified atom stereocenters. The maximum Gasteiger partial charge on any atom is 0.336 e. The predicted molar refractivity (Wildman–Crippen MR) is 142 cm³/mol. The number of rotatable bonds is 9. The number of ether oxygens (including phenoxy) is 2. The number of nitrogens with one attached hydrogen (secondary N) is 2. The number of esters is 1. The standard InChI is InChI=1S/C29H23N3O6/c1-36-26-17-21(12-14-24(26)38-27(33)15-13-20-7-3-2-4-8-20)19-30-32-28(34)22-9-5-10-23(18-22)31-29(35)25-11-6-16-37-25/h2-19H,1H3,(H,31,35)(H,32,34)/b15-13+,30-19?. The largest absolute Gasteiger partial charge is 0.493 e. The number of hydrazone groups is 1. The van der Waals surface area contributed by atoms with Crippen LogP contribution in [0.4, 0.5) is 5.69 Å². The summed E-state index contributed by atoms with van der Waals surface area (Å²) < 4.78 is 15.8. The number of amides is 2. The quantitative estimate of drug-likeness (QED) is 0.109. The van der Waals surface area contributed by atoms with Gasteiger partial charge in [0.1, 0.15) is 0 Å². The number of carbonyl (C=O) groups is 3. The zero-order valence-corrected chi connectivity index (χ0v) is 20.3. The summed E-state index contributed by atoms with van der Waals surface area (Å²) in [6, 6.07) is 23.8. The van der Waals surface area contributed by atoms with Crippen LogP contribution in [-0.4, -0.2) is 31.1 Å². The minimum Gasteiger partial charge on any atom is -0.493 e. The number of methoxy groups -OCH3 is 1. The number of hydrogen-bond donors (Lipinski definition) is 2. The highest BCUT2D eigenvalue weighted by molar-refractivity contribution is 6.03. The fourth-order valence-electron chi connectivity index (χ4n) is 3.29. The van der Waals surface area contributed by atoms with Crippen LogP contribution in [0.3, 0.4) is 0 Å². The van der Waals surface area contributed by atoms with Crippen LogP contribution in [0, 0.1) is 0 Å². The molecule has 4 aromatic rings. The molecule has 3 aromatic carbocycles. The van der Waals surface area contributed by atoms with Crippen LogP contribution in [0.2, 0.25) is 0 Å². The number of hydrogen-bond acceptors (Lipinski definition) is 7. The van der Waals surface area contributed by atoms with E-state index in [1.807, 2.05) is 30.3 Å². The number of furan rings is 1. The lowest BCUT2D eigenvalue weighted by Gasteiger charge is -2.08. The van der Waals surface area contributed by atoms with Gasteiger partial charge in [-0.25, -0.2) is 10.2 Å². The highest BCUT2D eigenvalue weighted by Crippen LogP contribution is 2.28. The third-order valence-electron chi connectivity index (χ3n) is 5.12. The van der Waals surface area contributed by atoms with Crippen molar-refractivity contribution in [2.24, 2.45) is 5.10 Å². The molecule has 0 bridgehead atoms. The van der Waals surface area contributed by atoms with Gasteiger partial charge in [-0.15, -0.1) is 0 Å². The molecule has 190 valence electrons. The number of nitrogens with zero attached hydrogens (tertiary/aromatic N) is 1. The first-order chi connectivity index (χ1) is 18.5. The van der Waals surface area contributed by atoms with Gasteiger partial charge in [-0.3, -0.25) is 9.59 Å². The van der Waals surface area contributed by atoms with Gasteiger partial charge in [0.15, 0.2) is 17.3 Å². The highest BCUT2D eigenvalue weighted by atomic mass is 16.6. The summed E-state index contributed by atoms with van der Waals surface area (Å²) in [5.74, 6) is -0.738. The number of benzene rings is 3. The Kier molecular flexibility index (Phi) is 8.44. The van der Waals surface area contributed by atoms with Crippen LogP contribution in [0.1, 0.15) is 32.0 Å². The van der Waals surface area contributed by atoms with E-state index in [1.54, 1.807) is 48.5 Å². The van der Waals surface area contributed by atoms with E-state index >= 15 is 0 Å². The summed E-state index contributed by atoms with van der Waals surface area (Å²) >= 11 is 0. The number of anilines is 1. The molecule has 2 N–H and O–H groups in total. The second-order valence-electron chi connectivity index (χ2n) is 7.79. The highest BCUT2D eigenvalue weighted by Gasteiger charge is 2.11. The Morgan fingerprint density at radius 2 is 1.68 bits per heavy atom. The molecule has 0 atom stereocenters. The SMILES string of the molecule is COc1cc(C=NNC(=O)c2cccc(NC(=O)c3ccco3)c2)ccc1OC(=O)/C=C/c1ccccc1. The van der Waals surface area contributed by atoms with Crippen LogP contribution in [0.15, 0.2) is 107 Å². The zero-order chi connectivity index (χ0) is 26.7. The molecule has 0 spiro atoms. The van der Waals surface area contributed by atoms with Crippen molar-refractivity contribution in [3.63, 3.8) is 0 Å². The Morgan fingerprint density at radius 3 is 2.45 bits per heavy atom. The Morgan fingerprint density at radius 1 is 0.842 bits per heavy atom. The average Bonchev–Trinajstić information content (AvgIpc) is 3.49. The van der Waals surface area contributed by atoms with Crippen LogP contribution in [0.5, 0.6) is 11.5 Å². The van der Waals surface area contributed by atoms with Gasteiger partial charge in [-0.05, 0) is 65.7 Å². The van der Waals surface area contributed by atoms with Gasteiger partial charge < -0.3 is 19.2 Å². The first kappa shape index (κ1) is 25.6. The van der Waals surface area contributed by atoms with E-state index < -0.39 is 17.8 Å². The first-order valence-electron chi connectivity index (χ1n) is 11.4. The van der Waals surface area contributed by atoms with Gasteiger partial charge in [0.25, 0.3) is 11.8 Å². The maximum absolute atomic E-state index is 12.5. The Hall–Kier alpha value is -5.44. The molecule has 1 heterocycles. The normalized spacial score (nSPS) is 10.9. The van der Waals surface area contributed by atoms with Crippen LogP contribution in [0.25, 0.3) is 6.08 Å². The molecule has 9 nitrogen and oxygen atoms in total. The molecule has 0 radical (unpaired) electrons. The van der Waals surface area contributed by atoms with Gasteiger partial charge in [-0.2, -0.15) is 5.10 Å². The summed E-state index contributed by atoms with van der Waals surface area (Å²) in [4.78, 5) is 36.9. The fourth-order valence-corrected chi connectivity index (χ4v) is 3.29. The molecule has 38 heavy (non-hydrogen) atoms. The summed E-state index contributed by atoms with van der Waals surface area (Å²) in [5, 5.41) is 6.64. The molecule has 0 aliphatic carbocycles. The molecule has 0 saturated carbocycles. The van der Waals surface area contributed by atoms with E-state index in [1.165, 1.54) is 37.8 Å². The topological polar surface area (TPSA) is 119 Å². The molecule has 0 aliphatic heterocycles. The average molecular weight is 510 g/mol. The van der Waals surface area contributed by atoms with Gasteiger partial charge >= 0.3 is 5.97 Å². The fraction of sp³-hybridized carbons (Fsp3) is 0.0345. The monoisotopic (exact) mass is 509 g/mol. The Labute approximate surface area is 218 Å². The van der Waals surface area contributed by atoms with E-state index in [2.05, 4.69) is 15.8 Å². The third-order valence-corrected chi connectivity index (χ3v) is 5.12. The lowest BCUT2D eigenvalue weighted by molar-refractivity contribution is -0.129. The molecule has 1 aromatic heterocycles. The maximum atomic E-state index is 12.5. The third kappa shape index (κ3) is 7.05. The molecule has 2 amide bonds. The second kappa shape index (κ2) is 12.5. The Bertz CT molecular complexity index is 1480. The minimum atomic E-state index is -0.552. The van der Waals surface area contributed by atoms with E-state index in [9.17, 15) is 14.4 Å². The van der Waals surface area contributed by atoms with Crippen molar-refractivity contribution in [3.05, 3.63) is 120 Å². The van der Waals surface area contributed by atoms with Crippen molar-refractivity contribution in [2.45, 2.75) is 0 Å². The van der Waals surface area contributed by atoms with Crippen LogP contribution < -0.4 is 20.2 Å². The molecule has 0 fully saturated rings. The van der Waals surface area contributed by atoms with E-state index in [0.29, 0.717) is 22.6 Å². The summed E-state index contributed by atoms with van der Waals surface area (Å²) in [5.41, 5.74) is 4.63. The summed E-state index contributed by atoms with van der Waals surface area (Å²) in [7, 11) is 1.45. The molecule has 4 rings (SSSR count). The predicted octanol–water partition coefficient (Wildman–Crippen LogP) is 4.92. The molecule has 0 aliphatic rings. The zero-order valence-electron chi connectivity index (χ0n) is 20.3. The summed E-state index contributed by atoms with van der Waals surface area (Å²) in [6.45, 7) is 0. The molecular formula is C29H23N3O6. The van der Waals surface area contributed by atoms with Crippen molar-refractivity contribution < 1.29 is 28.3 Å².